The van der Waals surface area contributed by atoms with Gasteiger partial charge in [-0.1, -0.05) is 6.92 Å². The summed E-state index contributed by atoms with van der Waals surface area (Å²) >= 11 is 0. The molecule has 1 atom stereocenters. The van der Waals surface area contributed by atoms with Crippen molar-refractivity contribution in [2.45, 2.75) is 27.3 Å². The normalized spacial score (nSPS) is 12.2. The quantitative estimate of drug-likeness (QED) is 0.763. The van der Waals surface area contributed by atoms with Crippen LogP contribution in [0.3, 0.4) is 0 Å². The fourth-order valence-electron chi connectivity index (χ4n) is 1.49. The molecule has 4 heteroatoms. The van der Waals surface area contributed by atoms with Gasteiger partial charge in [0.15, 0.2) is 0 Å². The Morgan fingerprint density at radius 2 is 2.35 bits per heavy atom. The Hall–Kier alpha value is -1.42. The molecule has 94 valence electrons. The van der Waals surface area contributed by atoms with Crippen molar-refractivity contribution in [2.24, 2.45) is 5.92 Å². The second-order valence-electron chi connectivity index (χ2n) is 4.09. The average Bonchev–Trinajstić information content (AvgIpc) is 2.31. The van der Waals surface area contributed by atoms with Gasteiger partial charge in [0.2, 0.25) is 0 Å². The predicted molar refractivity (Wildman–Crippen MR) is 66.5 cm³/mol. The summed E-state index contributed by atoms with van der Waals surface area (Å²) in [5.41, 5.74) is 2.36. The van der Waals surface area contributed by atoms with Gasteiger partial charge in [0.1, 0.15) is 0 Å². The minimum Gasteiger partial charge on any atom is -0.466 e. The van der Waals surface area contributed by atoms with Gasteiger partial charge in [0.25, 0.3) is 0 Å². The summed E-state index contributed by atoms with van der Waals surface area (Å²) < 4.78 is 4.94. The lowest BCUT2D eigenvalue weighted by atomic mass is 10.1. The summed E-state index contributed by atoms with van der Waals surface area (Å²) in [5, 5.41) is 3.25. The highest BCUT2D eigenvalue weighted by Gasteiger charge is 2.12. The lowest BCUT2D eigenvalue weighted by molar-refractivity contribution is -0.147. The molecule has 1 aromatic heterocycles. The zero-order chi connectivity index (χ0) is 12.7. The molecule has 1 heterocycles. The lowest BCUT2D eigenvalue weighted by Gasteiger charge is -2.12. The van der Waals surface area contributed by atoms with E-state index in [-0.39, 0.29) is 11.9 Å². The van der Waals surface area contributed by atoms with Gasteiger partial charge in [-0.05, 0) is 31.0 Å². The van der Waals surface area contributed by atoms with Crippen molar-refractivity contribution in [3.8, 4) is 0 Å². The molecule has 17 heavy (non-hydrogen) atoms. The summed E-state index contributed by atoms with van der Waals surface area (Å²) in [5.74, 6) is -0.261. The van der Waals surface area contributed by atoms with E-state index in [2.05, 4.69) is 10.3 Å². The van der Waals surface area contributed by atoms with Crippen LogP contribution >= 0.6 is 0 Å². The summed E-state index contributed by atoms with van der Waals surface area (Å²) in [6, 6.07) is 1.98. The molecule has 0 spiro atoms. The molecule has 0 saturated heterocycles. The van der Waals surface area contributed by atoms with E-state index >= 15 is 0 Å². The third kappa shape index (κ3) is 4.53. The maximum Gasteiger partial charge on any atom is 0.309 e. The van der Waals surface area contributed by atoms with Crippen molar-refractivity contribution >= 4 is 5.97 Å². The molecule has 0 amide bonds. The molecule has 0 aliphatic rings. The number of pyridine rings is 1. The first kappa shape index (κ1) is 13.6. The molecular weight excluding hydrogens is 216 g/mol. The van der Waals surface area contributed by atoms with E-state index in [1.165, 1.54) is 5.56 Å². The zero-order valence-corrected chi connectivity index (χ0v) is 10.7. The molecule has 4 nitrogen and oxygen atoms in total. The van der Waals surface area contributed by atoms with Crippen molar-refractivity contribution < 1.29 is 9.53 Å². The van der Waals surface area contributed by atoms with E-state index in [1.807, 2.05) is 33.0 Å². The third-order valence-corrected chi connectivity index (χ3v) is 2.59. The van der Waals surface area contributed by atoms with Crippen molar-refractivity contribution in [1.29, 1.82) is 0 Å². The fourth-order valence-corrected chi connectivity index (χ4v) is 1.49. The summed E-state index contributed by atoms with van der Waals surface area (Å²) in [6.07, 6.45) is 3.62. The molecule has 0 aliphatic carbocycles. The standard InChI is InChI=1S/C13H20N2O2/c1-4-17-13(16)11(3)8-15-9-12-5-6-14-7-10(12)2/h5-7,11,15H,4,8-9H2,1-3H3. The highest BCUT2D eigenvalue weighted by atomic mass is 16.5. The summed E-state index contributed by atoms with van der Waals surface area (Å²) in [7, 11) is 0. The molecule has 0 aromatic carbocycles. The highest BCUT2D eigenvalue weighted by Crippen LogP contribution is 2.04. The number of rotatable bonds is 6. The molecule has 0 aliphatic heterocycles. The second kappa shape index (κ2) is 7.01. The van der Waals surface area contributed by atoms with Crippen molar-refractivity contribution in [3.05, 3.63) is 29.6 Å². The Labute approximate surface area is 102 Å². The molecular formula is C13H20N2O2. The van der Waals surface area contributed by atoms with E-state index < -0.39 is 0 Å². The first-order valence-corrected chi connectivity index (χ1v) is 5.92. The van der Waals surface area contributed by atoms with Crippen LogP contribution in [0.15, 0.2) is 18.5 Å². The first-order valence-electron chi connectivity index (χ1n) is 5.92. The van der Waals surface area contributed by atoms with E-state index in [9.17, 15) is 4.79 Å². The van der Waals surface area contributed by atoms with Crippen LogP contribution in [0.5, 0.6) is 0 Å². The fraction of sp³-hybridized carbons (Fsp3) is 0.538. The molecule has 1 aromatic rings. The van der Waals surface area contributed by atoms with Crippen molar-refractivity contribution in [2.75, 3.05) is 13.2 Å². The summed E-state index contributed by atoms with van der Waals surface area (Å²) in [6.45, 7) is 7.52. The number of ether oxygens (including phenoxy) is 1. The molecule has 0 radical (unpaired) electrons. The predicted octanol–water partition coefficient (Wildman–Crippen LogP) is 1.68. The van der Waals surface area contributed by atoms with Gasteiger partial charge in [-0.3, -0.25) is 9.78 Å². The number of hydrogen-bond acceptors (Lipinski definition) is 4. The van der Waals surface area contributed by atoms with Crippen LogP contribution < -0.4 is 5.32 Å². The van der Waals surface area contributed by atoms with Gasteiger partial charge in [0.05, 0.1) is 12.5 Å². The van der Waals surface area contributed by atoms with Crippen LogP contribution in [0.1, 0.15) is 25.0 Å². The van der Waals surface area contributed by atoms with Gasteiger partial charge < -0.3 is 10.1 Å². The maximum absolute atomic E-state index is 11.4. The third-order valence-electron chi connectivity index (χ3n) is 2.59. The minimum absolute atomic E-state index is 0.114. The Morgan fingerprint density at radius 3 is 3.00 bits per heavy atom. The van der Waals surface area contributed by atoms with Crippen LogP contribution in [0.25, 0.3) is 0 Å². The number of nitrogens with zero attached hydrogens (tertiary/aromatic N) is 1. The van der Waals surface area contributed by atoms with E-state index in [0.29, 0.717) is 13.2 Å². The number of hydrogen-bond donors (Lipinski definition) is 1. The number of aromatic nitrogens is 1. The van der Waals surface area contributed by atoms with E-state index in [1.54, 1.807) is 6.20 Å². The second-order valence-corrected chi connectivity index (χ2v) is 4.09. The monoisotopic (exact) mass is 236 g/mol. The van der Waals surface area contributed by atoms with E-state index in [0.717, 1.165) is 12.1 Å². The van der Waals surface area contributed by atoms with Gasteiger partial charge in [-0.25, -0.2) is 0 Å². The van der Waals surface area contributed by atoms with E-state index in [4.69, 9.17) is 4.74 Å². The van der Waals surface area contributed by atoms with Crippen molar-refractivity contribution in [1.82, 2.24) is 10.3 Å². The molecule has 1 N–H and O–H groups in total. The molecule has 0 fully saturated rings. The maximum atomic E-state index is 11.4. The topological polar surface area (TPSA) is 51.2 Å². The number of carbonyl (C=O) groups is 1. The molecule has 1 rings (SSSR count). The van der Waals surface area contributed by atoms with Crippen LogP contribution in [0, 0.1) is 12.8 Å². The van der Waals surface area contributed by atoms with Gasteiger partial charge in [-0.2, -0.15) is 0 Å². The Bertz CT molecular complexity index is 366. The number of carbonyl (C=O) groups excluding carboxylic acids is 1. The van der Waals surface area contributed by atoms with Crippen LogP contribution in [-0.2, 0) is 16.1 Å². The summed E-state index contributed by atoms with van der Waals surface area (Å²) in [4.78, 5) is 15.4. The van der Waals surface area contributed by atoms with Crippen LogP contribution in [-0.4, -0.2) is 24.1 Å². The highest BCUT2D eigenvalue weighted by molar-refractivity contribution is 5.72. The van der Waals surface area contributed by atoms with Gasteiger partial charge in [-0.15, -0.1) is 0 Å². The smallest absolute Gasteiger partial charge is 0.309 e. The number of aryl methyl sites for hydroxylation is 1. The number of nitrogens with one attached hydrogen (secondary N) is 1. The molecule has 0 saturated carbocycles. The van der Waals surface area contributed by atoms with Crippen LogP contribution in [0.2, 0.25) is 0 Å². The Kier molecular flexibility index (Phi) is 5.63. The zero-order valence-electron chi connectivity index (χ0n) is 10.7. The lowest BCUT2D eigenvalue weighted by Crippen LogP contribution is -2.27. The Balaban J connectivity index is 2.33. The first-order chi connectivity index (χ1) is 8.15. The van der Waals surface area contributed by atoms with Crippen LogP contribution in [0.4, 0.5) is 0 Å². The van der Waals surface area contributed by atoms with Gasteiger partial charge >= 0.3 is 5.97 Å². The minimum atomic E-state index is -0.147. The molecule has 0 bridgehead atoms. The average molecular weight is 236 g/mol. The molecule has 1 unspecified atom stereocenters. The number of esters is 1. The largest absolute Gasteiger partial charge is 0.466 e. The van der Waals surface area contributed by atoms with Crippen molar-refractivity contribution in [3.63, 3.8) is 0 Å². The SMILES string of the molecule is CCOC(=O)C(C)CNCc1ccncc1C. The van der Waals surface area contributed by atoms with Gasteiger partial charge in [0, 0.05) is 25.5 Å². The Morgan fingerprint density at radius 1 is 1.59 bits per heavy atom.